The summed E-state index contributed by atoms with van der Waals surface area (Å²) >= 11 is 4.89. The Hall–Kier alpha value is -1.20. The lowest BCUT2D eigenvalue weighted by Gasteiger charge is -2.16. The van der Waals surface area contributed by atoms with Gasteiger partial charge in [0, 0.05) is 24.3 Å². The van der Waals surface area contributed by atoms with Crippen molar-refractivity contribution in [1.82, 2.24) is 4.90 Å². The molecule has 1 rings (SSSR count). The highest BCUT2D eigenvalue weighted by Crippen LogP contribution is 2.16. The van der Waals surface area contributed by atoms with Crippen LogP contribution in [-0.2, 0) is 0 Å². The van der Waals surface area contributed by atoms with E-state index in [9.17, 15) is 4.39 Å². The first kappa shape index (κ1) is 13.9. The summed E-state index contributed by atoms with van der Waals surface area (Å²) in [4.78, 5) is 2.38. The number of nitrogens with two attached hydrogens (primary N) is 1. The van der Waals surface area contributed by atoms with Crippen molar-refractivity contribution in [2.45, 2.75) is 6.92 Å². The van der Waals surface area contributed by atoms with Crippen LogP contribution >= 0.6 is 12.2 Å². The molecule has 0 amide bonds. The van der Waals surface area contributed by atoms with Crippen LogP contribution in [0.3, 0.4) is 0 Å². The van der Waals surface area contributed by atoms with E-state index in [0.29, 0.717) is 5.56 Å². The molecule has 0 spiro atoms. The topological polar surface area (TPSA) is 41.3 Å². The minimum absolute atomic E-state index is 0.204. The molecular weight excluding hydrogens is 237 g/mol. The number of nitrogens with zero attached hydrogens (tertiary/aromatic N) is 1. The molecular formula is C12H18FN3S. The zero-order valence-electron chi connectivity index (χ0n) is 10.2. The van der Waals surface area contributed by atoms with Gasteiger partial charge in [-0.3, -0.25) is 0 Å². The molecule has 0 saturated carbocycles. The minimum atomic E-state index is -0.330. The number of hydrogen-bond acceptors (Lipinski definition) is 3. The Labute approximate surface area is 107 Å². The first-order chi connectivity index (χ1) is 8.04. The monoisotopic (exact) mass is 255 g/mol. The van der Waals surface area contributed by atoms with E-state index in [0.717, 1.165) is 25.3 Å². The quantitative estimate of drug-likeness (QED) is 0.761. The summed E-state index contributed by atoms with van der Waals surface area (Å²) in [6.07, 6.45) is 0. The number of likely N-dealkylation sites (N-methyl/N-ethyl adjacent to an activating group) is 1. The van der Waals surface area contributed by atoms with Crippen LogP contribution in [0.15, 0.2) is 18.2 Å². The summed E-state index contributed by atoms with van der Waals surface area (Å²) in [6, 6.07) is 4.41. The molecule has 0 unspecified atom stereocenters. The van der Waals surface area contributed by atoms with Crippen molar-refractivity contribution in [3.8, 4) is 0 Å². The molecule has 0 saturated heterocycles. The van der Waals surface area contributed by atoms with Crippen molar-refractivity contribution in [3.63, 3.8) is 0 Å². The average Bonchev–Trinajstić information content (AvgIpc) is 2.30. The Morgan fingerprint density at radius 2 is 2.24 bits per heavy atom. The Bertz CT molecular complexity index is 395. The van der Waals surface area contributed by atoms with Gasteiger partial charge in [-0.25, -0.2) is 4.39 Å². The van der Waals surface area contributed by atoms with Crippen molar-refractivity contribution < 1.29 is 4.39 Å². The van der Waals surface area contributed by atoms with E-state index < -0.39 is 0 Å². The maximum atomic E-state index is 13.1. The second-order valence-corrected chi connectivity index (χ2v) is 4.32. The second-order valence-electron chi connectivity index (χ2n) is 3.88. The van der Waals surface area contributed by atoms with Gasteiger partial charge in [-0.1, -0.05) is 19.1 Å². The number of hydrogen-bond donors (Lipinski definition) is 2. The van der Waals surface area contributed by atoms with Crippen LogP contribution in [0.4, 0.5) is 10.1 Å². The van der Waals surface area contributed by atoms with E-state index in [1.807, 2.05) is 7.05 Å². The number of anilines is 1. The van der Waals surface area contributed by atoms with Crippen LogP contribution in [-0.4, -0.2) is 36.6 Å². The van der Waals surface area contributed by atoms with Crippen LogP contribution < -0.4 is 11.1 Å². The molecule has 1 aromatic carbocycles. The number of benzene rings is 1. The van der Waals surface area contributed by atoms with Gasteiger partial charge >= 0.3 is 0 Å². The summed E-state index contributed by atoms with van der Waals surface area (Å²) in [5.41, 5.74) is 6.89. The third kappa shape index (κ3) is 4.28. The van der Waals surface area contributed by atoms with Crippen molar-refractivity contribution in [3.05, 3.63) is 29.6 Å². The van der Waals surface area contributed by atoms with Crippen LogP contribution in [0, 0.1) is 5.82 Å². The summed E-state index contributed by atoms with van der Waals surface area (Å²) in [6.45, 7) is 4.77. The molecule has 0 aromatic heterocycles. The molecule has 17 heavy (non-hydrogen) atoms. The Kier molecular flexibility index (Phi) is 5.31. The summed E-state index contributed by atoms with van der Waals surface area (Å²) in [7, 11) is 2.04. The van der Waals surface area contributed by atoms with Crippen molar-refractivity contribution in [2.75, 3.05) is 32.0 Å². The molecule has 0 radical (unpaired) electrons. The first-order valence-electron chi connectivity index (χ1n) is 5.56. The highest BCUT2D eigenvalue weighted by atomic mass is 32.1. The van der Waals surface area contributed by atoms with Crippen LogP contribution in [0.1, 0.15) is 12.5 Å². The van der Waals surface area contributed by atoms with Crippen molar-refractivity contribution in [2.24, 2.45) is 5.73 Å². The Balaban J connectivity index is 2.67. The van der Waals surface area contributed by atoms with Gasteiger partial charge in [0.25, 0.3) is 0 Å². The third-order valence-corrected chi connectivity index (χ3v) is 2.82. The predicted octanol–water partition coefficient (Wildman–Crippen LogP) is 1.82. The second kappa shape index (κ2) is 6.51. The summed E-state index contributed by atoms with van der Waals surface area (Å²) in [5, 5.41) is 3.21. The van der Waals surface area contributed by atoms with E-state index in [-0.39, 0.29) is 10.8 Å². The first-order valence-corrected chi connectivity index (χ1v) is 5.97. The van der Waals surface area contributed by atoms with Crippen LogP contribution in [0.2, 0.25) is 0 Å². The van der Waals surface area contributed by atoms with Gasteiger partial charge in [-0.15, -0.1) is 0 Å². The van der Waals surface area contributed by atoms with E-state index in [1.54, 1.807) is 6.07 Å². The van der Waals surface area contributed by atoms with Gasteiger partial charge in [0.05, 0.1) is 0 Å². The molecule has 3 N–H and O–H groups in total. The normalized spacial score (nSPS) is 10.6. The van der Waals surface area contributed by atoms with Gasteiger partial charge in [0.2, 0.25) is 0 Å². The summed E-state index contributed by atoms with van der Waals surface area (Å²) < 4.78 is 13.1. The van der Waals surface area contributed by atoms with Crippen LogP contribution in [0.25, 0.3) is 0 Å². The van der Waals surface area contributed by atoms with E-state index in [4.69, 9.17) is 18.0 Å². The van der Waals surface area contributed by atoms with Crippen molar-refractivity contribution in [1.29, 1.82) is 0 Å². The van der Waals surface area contributed by atoms with Gasteiger partial charge < -0.3 is 16.0 Å². The molecule has 94 valence electrons. The molecule has 5 heteroatoms. The molecule has 3 nitrogen and oxygen atoms in total. The van der Waals surface area contributed by atoms with Gasteiger partial charge in [-0.2, -0.15) is 0 Å². The lowest BCUT2D eigenvalue weighted by atomic mass is 10.1. The average molecular weight is 255 g/mol. The van der Waals surface area contributed by atoms with Gasteiger partial charge in [-0.05, 0) is 31.8 Å². The molecule has 0 aliphatic carbocycles. The Morgan fingerprint density at radius 1 is 1.53 bits per heavy atom. The highest BCUT2D eigenvalue weighted by molar-refractivity contribution is 7.80. The molecule has 0 aliphatic rings. The molecule has 0 bridgehead atoms. The Morgan fingerprint density at radius 3 is 2.82 bits per heavy atom. The predicted molar refractivity (Wildman–Crippen MR) is 73.9 cm³/mol. The van der Waals surface area contributed by atoms with Gasteiger partial charge in [0.15, 0.2) is 0 Å². The number of halogens is 1. The molecule has 1 aromatic rings. The maximum absolute atomic E-state index is 13.1. The minimum Gasteiger partial charge on any atom is -0.389 e. The van der Waals surface area contributed by atoms with Crippen molar-refractivity contribution >= 4 is 22.9 Å². The standard InChI is InChI=1S/C12H18FN3S/c1-3-16(2)7-6-15-11-5-4-9(13)8-10(11)12(14)17/h4-5,8,15H,3,6-7H2,1-2H3,(H2,14,17). The fourth-order valence-electron chi connectivity index (χ4n) is 1.41. The smallest absolute Gasteiger partial charge is 0.124 e. The lowest BCUT2D eigenvalue weighted by Crippen LogP contribution is -2.25. The van der Waals surface area contributed by atoms with Gasteiger partial charge in [0.1, 0.15) is 10.8 Å². The van der Waals surface area contributed by atoms with Crippen LogP contribution in [0.5, 0.6) is 0 Å². The third-order valence-electron chi connectivity index (χ3n) is 2.60. The van der Waals surface area contributed by atoms with E-state index in [2.05, 4.69) is 17.1 Å². The largest absolute Gasteiger partial charge is 0.389 e. The lowest BCUT2D eigenvalue weighted by molar-refractivity contribution is 0.367. The molecule has 0 atom stereocenters. The van der Waals surface area contributed by atoms with E-state index >= 15 is 0 Å². The summed E-state index contributed by atoms with van der Waals surface area (Å²) in [5.74, 6) is -0.330. The number of thiocarbonyl (C=S) groups is 1. The molecule has 0 heterocycles. The fourth-order valence-corrected chi connectivity index (χ4v) is 1.58. The maximum Gasteiger partial charge on any atom is 0.124 e. The number of nitrogens with one attached hydrogen (secondary N) is 1. The molecule has 0 aliphatic heterocycles. The highest BCUT2D eigenvalue weighted by Gasteiger charge is 2.06. The van der Waals surface area contributed by atoms with E-state index in [1.165, 1.54) is 12.1 Å². The number of rotatable bonds is 6. The zero-order valence-corrected chi connectivity index (χ0v) is 11.0. The fraction of sp³-hybridized carbons (Fsp3) is 0.417. The SMILES string of the molecule is CCN(C)CCNc1ccc(F)cc1C(N)=S. The molecule has 0 fully saturated rings. The zero-order chi connectivity index (χ0) is 12.8.